The summed E-state index contributed by atoms with van der Waals surface area (Å²) >= 11 is 1.79. The van der Waals surface area contributed by atoms with Crippen molar-refractivity contribution in [1.82, 2.24) is 35.0 Å². The predicted molar refractivity (Wildman–Crippen MR) is 138 cm³/mol. The molecule has 0 saturated carbocycles. The fraction of sp³-hybridized carbons (Fsp3) is 0.154. The van der Waals surface area contributed by atoms with Gasteiger partial charge in [-0.1, -0.05) is 0 Å². The van der Waals surface area contributed by atoms with Crippen LogP contribution in [0.2, 0.25) is 0 Å². The average Bonchev–Trinajstić information content (AvgIpc) is 3.55. The lowest BCUT2D eigenvalue weighted by Gasteiger charge is -2.10. The van der Waals surface area contributed by atoms with E-state index in [9.17, 15) is 0 Å². The van der Waals surface area contributed by atoms with Crippen LogP contribution >= 0.6 is 11.3 Å². The molecule has 0 radical (unpaired) electrons. The number of aryl methyl sites for hydroxylation is 1. The summed E-state index contributed by atoms with van der Waals surface area (Å²) in [7, 11) is 4.10. The van der Waals surface area contributed by atoms with Crippen molar-refractivity contribution in [2.45, 2.75) is 13.5 Å². The molecule has 0 amide bonds. The summed E-state index contributed by atoms with van der Waals surface area (Å²) in [6.45, 7) is 2.95. The third-order valence-corrected chi connectivity index (χ3v) is 6.86. The van der Waals surface area contributed by atoms with Crippen LogP contribution in [-0.4, -0.2) is 49.1 Å². The lowest BCUT2D eigenvalue weighted by molar-refractivity contribution is 0.402. The van der Waals surface area contributed by atoms with E-state index in [0.717, 1.165) is 56.7 Å². The largest absolute Gasteiger partial charge is 0.338 e. The maximum atomic E-state index is 4.66. The van der Waals surface area contributed by atoms with Gasteiger partial charge in [0, 0.05) is 56.8 Å². The van der Waals surface area contributed by atoms with E-state index >= 15 is 0 Å². The van der Waals surface area contributed by atoms with Crippen LogP contribution in [0.15, 0.2) is 61.2 Å². The molecule has 6 aromatic heterocycles. The van der Waals surface area contributed by atoms with Crippen molar-refractivity contribution in [3.8, 4) is 33.1 Å². The Kier molecular flexibility index (Phi) is 4.97. The highest BCUT2D eigenvalue weighted by Gasteiger charge is 2.16. The molecule has 6 rings (SSSR count). The SMILES string of the molecule is Cc1ccc(-c2ccnc3[nH]c(-c4n[nH]c5cnc(-c6cncc(CN(C)C)c6)cc45)cc23)s1. The fourth-order valence-corrected chi connectivity index (χ4v) is 5.21. The van der Waals surface area contributed by atoms with Gasteiger partial charge in [0.2, 0.25) is 0 Å². The van der Waals surface area contributed by atoms with Gasteiger partial charge in [0.1, 0.15) is 11.3 Å². The van der Waals surface area contributed by atoms with Gasteiger partial charge >= 0.3 is 0 Å². The second kappa shape index (κ2) is 8.16. The molecule has 0 aliphatic heterocycles. The van der Waals surface area contributed by atoms with E-state index in [2.05, 4.69) is 92.5 Å². The monoisotopic (exact) mass is 465 g/mol. The maximum Gasteiger partial charge on any atom is 0.138 e. The van der Waals surface area contributed by atoms with Crippen LogP contribution in [0, 0.1) is 6.92 Å². The number of aromatic amines is 2. The van der Waals surface area contributed by atoms with Crippen molar-refractivity contribution in [2.75, 3.05) is 14.1 Å². The number of aromatic nitrogens is 6. The Hall–Kier alpha value is -3.88. The highest BCUT2D eigenvalue weighted by Crippen LogP contribution is 2.36. The van der Waals surface area contributed by atoms with Gasteiger partial charge in [0.05, 0.1) is 23.1 Å². The molecule has 0 atom stereocenters. The molecule has 2 N–H and O–H groups in total. The number of pyridine rings is 3. The smallest absolute Gasteiger partial charge is 0.138 e. The number of thiophene rings is 1. The first kappa shape index (κ1) is 20.7. The number of H-pyrrole nitrogens is 2. The number of hydrogen-bond acceptors (Lipinski definition) is 6. The van der Waals surface area contributed by atoms with E-state index in [4.69, 9.17) is 0 Å². The van der Waals surface area contributed by atoms with E-state index < -0.39 is 0 Å². The zero-order valence-electron chi connectivity index (χ0n) is 19.1. The molecule has 0 aliphatic carbocycles. The Morgan fingerprint density at radius 3 is 2.71 bits per heavy atom. The van der Waals surface area contributed by atoms with Crippen LogP contribution in [0.5, 0.6) is 0 Å². The normalized spacial score (nSPS) is 11.8. The first-order chi connectivity index (χ1) is 16.5. The Bertz CT molecular complexity index is 1640. The topological polar surface area (TPSA) is 86.4 Å². The molecule has 0 aliphatic rings. The number of hydrogen-bond donors (Lipinski definition) is 2. The molecule has 8 heteroatoms. The minimum Gasteiger partial charge on any atom is -0.338 e. The second-order valence-electron chi connectivity index (χ2n) is 8.72. The molecular formula is C26H23N7S. The summed E-state index contributed by atoms with van der Waals surface area (Å²) in [5.41, 5.74) is 7.69. The number of nitrogens with one attached hydrogen (secondary N) is 2. The zero-order valence-corrected chi connectivity index (χ0v) is 19.9. The minimum atomic E-state index is 0.828. The van der Waals surface area contributed by atoms with Crippen molar-refractivity contribution in [1.29, 1.82) is 0 Å². The summed E-state index contributed by atoms with van der Waals surface area (Å²) in [4.78, 5) is 21.8. The van der Waals surface area contributed by atoms with Crippen molar-refractivity contribution in [2.24, 2.45) is 0 Å². The first-order valence-corrected chi connectivity index (χ1v) is 11.8. The molecule has 0 unspecified atom stereocenters. The molecular weight excluding hydrogens is 442 g/mol. The number of rotatable bonds is 5. The van der Waals surface area contributed by atoms with Crippen LogP contribution < -0.4 is 0 Å². The van der Waals surface area contributed by atoms with Gasteiger partial charge in [-0.25, -0.2) is 4.98 Å². The first-order valence-electron chi connectivity index (χ1n) is 11.0. The van der Waals surface area contributed by atoms with Gasteiger partial charge in [-0.2, -0.15) is 5.10 Å². The fourth-order valence-electron chi connectivity index (χ4n) is 4.31. The average molecular weight is 466 g/mol. The van der Waals surface area contributed by atoms with Gasteiger partial charge in [-0.15, -0.1) is 11.3 Å². The van der Waals surface area contributed by atoms with Crippen LogP contribution in [0.1, 0.15) is 10.4 Å². The van der Waals surface area contributed by atoms with Crippen LogP contribution in [0.3, 0.4) is 0 Å². The second-order valence-corrected chi connectivity index (χ2v) is 10.0. The summed E-state index contributed by atoms with van der Waals surface area (Å²) in [6, 6.07) is 12.8. The third kappa shape index (κ3) is 3.67. The highest BCUT2D eigenvalue weighted by molar-refractivity contribution is 7.15. The lowest BCUT2D eigenvalue weighted by atomic mass is 10.1. The van der Waals surface area contributed by atoms with Gasteiger partial charge < -0.3 is 9.88 Å². The van der Waals surface area contributed by atoms with E-state index in [1.165, 1.54) is 15.3 Å². The summed E-state index contributed by atoms with van der Waals surface area (Å²) < 4.78 is 0. The van der Waals surface area contributed by atoms with Crippen LogP contribution in [0.4, 0.5) is 0 Å². The Balaban J connectivity index is 1.45. The number of nitrogens with zero attached hydrogens (tertiary/aromatic N) is 5. The Morgan fingerprint density at radius 2 is 1.88 bits per heavy atom. The molecule has 0 bridgehead atoms. The predicted octanol–water partition coefficient (Wildman–Crippen LogP) is 5.66. The standard InChI is InChI=1S/C26H23N7S/c1-15-4-5-24(34-15)18-6-7-28-26-19(18)9-22(30-26)25-20-10-21(29-13-23(20)31-32-25)17-8-16(11-27-12-17)14-33(2)3/h4-13H,14H2,1-3H3,(H,28,30)(H,31,32). The van der Waals surface area contributed by atoms with Crippen LogP contribution in [-0.2, 0) is 6.54 Å². The molecule has 0 aromatic carbocycles. The minimum absolute atomic E-state index is 0.828. The molecule has 34 heavy (non-hydrogen) atoms. The maximum absolute atomic E-state index is 4.66. The molecule has 0 fully saturated rings. The Labute approximate surface area is 200 Å². The molecule has 7 nitrogen and oxygen atoms in total. The summed E-state index contributed by atoms with van der Waals surface area (Å²) in [5, 5.41) is 9.83. The van der Waals surface area contributed by atoms with E-state index in [-0.39, 0.29) is 0 Å². The highest BCUT2D eigenvalue weighted by atomic mass is 32.1. The van der Waals surface area contributed by atoms with E-state index in [1.54, 1.807) is 11.3 Å². The van der Waals surface area contributed by atoms with Crippen molar-refractivity contribution >= 4 is 33.3 Å². The quantitative estimate of drug-likeness (QED) is 0.343. The van der Waals surface area contributed by atoms with Gasteiger partial charge in [0.25, 0.3) is 0 Å². The van der Waals surface area contributed by atoms with Crippen molar-refractivity contribution in [3.63, 3.8) is 0 Å². The molecule has 168 valence electrons. The van der Waals surface area contributed by atoms with E-state index in [1.807, 2.05) is 24.8 Å². The number of fused-ring (bicyclic) bond motifs is 2. The van der Waals surface area contributed by atoms with Gasteiger partial charge in [-0.3, -0.25) is 15.1 Å². The Morgan fingerprint density at radius 1 is 0.971 bits per heavy atom. The van der Waals surface area contributed by atoms with Gasteiger partial charge in [-0.05, 0) is 63.0 Å². The molecule has 0 spiro atoms. The van der Waals surface area contributed by atoms with Crippen molar-refractivity contribution in [3.05, 3.63) is 71.6 Å². The lowest BCUT2D eigenvalue weighted by Crippen LogP contribution is -2.10. The van der Waals surface area contributed by atoms with Crippen molar-refractivity contribution < 1.29 is 0 Å². The van der Waals surface area contributed by atoms with Crippen LogP contribution in [0.25, 0.3) is 55.0 Å². The third-order valence-electron chi connectivity index (χ3n) is 5.83. The van der Waals surface area contributed by atoms with Gasteiger partial charge in [0.15, 0.2) is 0 Å². The van der Waals surface area contributed by atoms with E-state index in [0.29, 0.717) is 0 Å². The molecule has 0 saturated heterocycles. The summed E-state index contributed by atoms with van der Waals surface area (Å²) in [6.07, 6.45) is 7.44. The summed E-state index contributed by atoms with van der Waals surface area (Å²) in [5.74, 6) is 0. The zero-order chi connectivity index (χ0) is 23.2. The molecule has 6 aromatic rings. The molecule has 6 heterocycles.